The average molecular weight is 176 g/mol. The number of rotatable bonds is 2. The highest BCUT2D eigenvalue weighted by molar-refractivity contribution is 7.86. The molecule has 1 unspecified atom stereocenters. The molecular weight excluding hydrogens is 168 g/mol. The van der Waals surface area contributed by atoms with Gasteiger partial charge in [-0.25, -0.2) is 0 Å². The Balaban J connectivity index is 2.97. The van der Waals surface area contributed by atoms with Crippen molar-refractivity contribution in [2.24, 2.45) is 0 Å². The highest BCUT2D eigenvalue weighted by Crippen LogP contribution is 2.20. The Bertz CT molecular complexity index is 310. The molecule has 0 aliphatic rings. The zero-order chi connectivity index (χ0) is 8.48. The lowest BCUT2D eigenvalue weighted by molar-refractivity contribution is 0.471. The molecule has 1 aromatic heterocycles. The van der Waals surface area contributed by atoms with E-state index in [1.807, 2.05) is 0 Å². The van der Waals surface area contributed by atoms with E-state index in [2.05, 4.69) is 4.42 Å². The Morgan fingerprint density at radius 1 is 1.64 bits per heavy atom. The summed E-state index contributed by atoms with van der Waals surface area (Å²) < 4.78 is 34.3. The van der Waals surface area contributed by atoms with E-state index >= 15 is 0 Å². The van der Waals surface area contributed by atoms with E-state index < -0.39 is 15.4 Å². The van der Waals surface area contributed by atoms with Crippen LogP contribution in [0.2, 0.25) is 0 Å². The SMILES string of the molecule is CC(c1ccoc1)S(=O)(=O)O. The highest BCUT2D eigenvalue weighted by atomic mass is 32.2. The van der Waals surface area contributed by atoms with Gasteiger partial charge in [-0.15, -0.1) is 0 Å². The zero-order valence-corrected chi connectivity index (χ0v) is 6.71. The van der Waals surface area contributed by atoms with E-state index in [4.69, 9.17) is 4.55 Å². The molecule has 1 N–H and O–H groups in total. The van der Waals surface area contributed by atoms with Gasteiger partial charge >= 0.3 is 0 Å². The van der Waals surface area contributed by atoms with Crippen molar-refractivity contribution < 1.29 is 17.4 Å². The first-order valence-electron chi connectivity index (χ1n) is 3.00. The quantitative estimate of drug-likeness (QED) is 0.688. The van der Waals surface area contributed by atoms with Gasteiger partial charge in [-0.1, -0.05) is 0 Å². The van der Waals surface area contributed by atoms with Crippen molar-refractivity contribution in [1.29, 1.82) is 0 Å². The molecule has 0 radical (unpaired) electrons. The van der Waals surface area contributed by atoms with Gasteiger partial charge in [0.05, 0.1) is 12.5 Å². The largest absolute Gasteiger partial charge is 0.472 e. The van der Waals surface area contributed by atoms with Gasteiger partial charge in [0, 0.05) is 5.56 Å². The maximum Gasteiger partial charge on any atom is 0.271 e. The Labute approximate surface area is 64.6 Å². The monoisotopic (exact) mass is 176 g/mol. The minimum atomic E-state index is -3.99. The molecule has 1 atom stereocenters. The van der Waals surface area contributed by atoms with Crippen LogP contribution < -0.4 is 0 Å². The maximum absolute atomic E-state index is 10.5. The number of hydrogen-bond donors (Lipinski definition) is 1. The summed E-state index contributed by atoms with van der Waals surface area (Å²) in [5.74, 6) is 0. The third-order valence-electron chi connectivity index (χ3n) is 1.46. The van der Waals surface area contributed by atoms with E-state index in [0.29, 0.717) is 5.56 Å². The maximum atomic E-state index is 10.5. The molecule has 0 bridgehead atoms. The van der Waals surface area contributed by atoms with Crippen LogP contribution in [0.25, 0.3) is 0 Å². The molecule has 4 nitrogen and oxygen atoms in total. The first kappa shape index (κ1) is 8.29. The Morgan fingerprint density at radius 3 is 2.64 bits per heavy atom. The van der Waals surface area contributed by atoms with Crippen molar-refractivity contribution in [2.75, 3.05) is 0 Å². The third kappa shape index (κ3) is 1.81. The van der Waals surface area contributed by atoms with Gasteiger partial charge in [0.25, 0.3) is 10.1 Å². The van der Waals surface area contributed by atoms with Crippen LogP contribution in [0.1, 0.15) is 17.7 Å². The van der Waals surface area contributed by atoms with E-state index in [-0.39, 0.29) is 0 Å². The van der Waals surface area contributed by atoms with Gasteiger partial charge in [0.1, 0.15) is 5.25 Å². The van der Waals surface area contributed by atoms with Crippen molar-refractivity contribution >= 4 is 10.1 Å². The van der Waals surface area contributed by atoms with Gasteiger partial charge in [-0.2, -0.15) is 8.42 Å². The van der Waals surface area contributed by atoms with Crippen LogP contribution >= 0.6 is 0 Å². The normalized spacial score (nSPS) is 14.7. The van der Waals surface area contributed by atoms with Gasteiger partial charge in [-0.05, 0) is 13.0 Å². The smallest absolute Gasteiger partial charge is 0.271 e. The van der Waals surface area contributed by atoms with Crippen molar-refractivity contribution in [1.82, 2.24) is 0 Å². The third-order valence-corrected chi connectivity index (χ3v) is 2.63. The molecule has 0 aliphatic heterocycles. The van der Waals surface area contributed by atoms with E-state index in [0.717, 1.165) is 0 Å². The summed E-state index contributed by atoms with van der Waals surface area (Å²) in [6.45, 7) is 1.39. The second-order valence-corrected chi connectivity index (χ2v) is 3.95. The van der Waals surface area contributed by atoms with E-state index in [1.165, 1.54) is 25.5 Å². The summed E-state index contributed by atoms with van der Waals surface area (Å²) >= 11 is 0. The molecule has 0 aliphatic carbocycles. The minimum absolute atomic E-state index is 0.451. The topological polar surface area (TPSA) is 67.5 Å². The van der Waals surface area contributed by atoms with Gasteiger partial charge in [0.2, 0.25) is 0 Å². The lowest BCUT2D eigenvalue weighted by Gasteiger charge is -2.02. The van der Waals surface area contributed by atoms with Gasteiger partial charge < -0.3 is 4.42 Å². The lowest BCUT2D eigenvalue weighted by Crippen LogP contribution is -2.06. The van der Waals surface area contributed by atoms with Crippen LogP contribution in [0, 0.1) is 0 Å². The second-order valence-electron chi connectivity index (χ2n) is 2.21. The highest BCUT2D eigenvalue weighted by Gasteiger charge is 2.19. The summed E-state index contributed by atoms with van der Waals surface area (Å²) in [6, 6.07) is 1.50. The molecule has 0 saturated heterocycles. The fourth-order valence-electron chi connectivity index (χ4n) is 0.678. The summed E-state index contributed by atoms with van der Waals surface area (Å²) in [4.78, 5) is 0. The predicted octanol–water partition coefficient (Wildman–Crippen LogP) is 1.23. The molecule has 62 valence electrons. The van der Waals surface area contributed by atoms with Crippen molar-refractivity contribution in [2.45, 2.75) is 12.2 Å². The van der Waals surface area contributed by atoms with E-state index in [1.54, 1.807) is 0 Å². The summed E-state index contributed by atoms with van der Waals surface area (Å²) in [5.41, 5.74) is 0.451. The molecular formula is C6H8O4S. The standard InChI is InChI=1S/C6H8O4S/c1-5(11(7,8)9)6-2-3-10-4-6/h2-5H,1H3,(H,7,8,9). The first-order valence-corrected chi connectivity index (χ1v) is 4.50. The predicted molar refractivity (Wildman–Crippen MR) is 38.7 cm³/mol. The van der Waals surface area contributed by atoms with Crippen molar-refractivity contribution in [3.63, 3.8) is 0 Å². The average Bonchev–Trinajstić information content (AvgIpc) is 2.34. The van der Waals surface area contributed by atoms with Crippen LogP contribution in [0.4, 0.5) is 0 Å². The number of furan rings is 1. The van der Waals surface area contributed by atoms with E-state index in [9.17, 15) is 8.42 Å². The molecule has 1 rings (SSSR count). The van der Waals surface area contributed by atoms with Gasteiger partial charge in [-0.3, -0.25) is 4.55 Å². The zero-order valence-electron chi connectivity index (χ0n) is 5.89. The van der Waals surface area contributed by atoms with Crippen LogP contribution in [-0.2, 0) is 10.1 Å². The number of hydrogen-bond acceptors (Lipinski definition) is 3. The Kier molecular flexibility index (Phi) is 2.01. The second kappa shape index (κ2) is 2.67. The van der Waals surface area contributed by atoms with Crippen LogP contribution in [-0.4, -0.2) is 13.0 Å². The molecule has 0 amide bonds. The molecule has 11 heavy (non-hydrogen) atoms. The molecule has 1 heterocycles. The lowest BCUT2D eigenvalue weighted by atomic mass is 10.3. The fraction of sp³-hybridized carbons (Fsp3) is 0.333. The van der Waals surface area contributed by atoms with Gasteiger partial charge in [0.15, 0.2) is 0 Å². The molecule has 0 fully saturated rings. The molecule has 5 heteroatoms. The summed E-state index contributed by atoms with van der Waals surface area (Å²) in [7, 11) is -3.99. The van der Waals surface area contributed by atoms with Crippen LogP contribution in [0.15, 0.2) is 23.0 Å². The van der Waals surface area contributed by atoms with Crippen LogP contribution in [0.5, 0.6) is 0 Å². The first-order chi connectivity index (χ1) is 5.02. The van der Waals surface area contributed by atoms with Crippen LogP contribution in [0.3, 0.4) is 0 Å². The van der Waals surface area contributed by atoms with Crippen molar-refractivity contribution in [3.05, 3.63) is 24.2 Å². The Hall–Kier alpha value is -0.810. The molecule has 0 spiro atoms. The summed E-state index contributed by atoms with van der Waals surface area (Å²) in [5, 5.41) is -0.916. The summed E-state index contributed by atoms with van der Waals surface area (Å²) in [6.07, 6.45) is 2.65. The molecule has 1 aromatic rings. The molecule has 0 aromatic carbocycles. The van der Waals surface area contributed by atoms with Crippen molar-refractivity contribution in [3.8, 4) is 0 Å². The Morgan fingerprint density at radius 2 is 2.27 bits per heavy atom. The fourth-order valence-corrected chi connectivity index (χ4v) is 1.16. The minimum Gasteiger partial charge on any atom is -0.472 e. The molecule has 0 saturated carbocycles.